The summed E-state index contributed by atoms with van der Waals surface area (Å²) in [7, 11) is 0. The predicted molar refractivity (Wildman–Crippen MR) is 212 cm³/mol. The fourth-order valence-electron chi connectivity index (χ4n) is 7.36. The molecule has 4 aliphatic rings. The summed E-state index contributed by atoms with van der Waals surface area (Å²) in [5.41, 5.74) is 16.3. The molecule has 4 aliphatic carbocycles. The Morgan fingerprint density at radius 1 is 0.750 bits per heavy atom. The molecule has 0 saturated heterocycles. The van der Waals surface area contributed by atoms with Gasteiger partial charge in [-0.2, -0.15) is 17.2 Å². The second kappa shape index (κ2) is 17.1. The first-order chi connectivity index (χ1) is 23.7. The summed E-state index contributed by atoms with van der Waals surface area (Å²) in [6.45, 7) is 18.1. The van der Waals surface area contributed by atoms with Crippen molar-refractivity contribution in [3.8, 4) is 11.1 Å². The summed E-state index contributed by atoms with van der Waals surface area (Å²) in [6, 6.07) is 31.1. The van der Waals surface area contributed by atoms with E-state index in [0.29, 0.717) is 11.3 Å². The van der Waals surface area contributed by atoms with Gasteiger partial charge >= 0.3 is 112 Å². The third-order valence-corrected chi connectivity index (χ3v) is 11.4. The molecule has 0 heterocycles. The molecule has 0 radical (unpaired) electrons. The number of benzene rings is 4. The van der Waals surface area contributed by atoms with Gasteiger partial charge in [-0.3, -0.25) is 12.2 Å². The van der Waals surface area contributed by atoms with Crippen LogP contribution in [0.4, 0.5) is 0 Å². The summed E-state index contributed by atoms with van der Waals surface area (Å²) in [5.74, 6) is 0.573. The molecule has 0 spiro atoms. The third kappa shape index (κ3) is 9.63. The van der Waals surface area contributed by atoms with Gasteiger partial charge in [0.2, 0.25) is 0 Å². The molecule has 0 nitrogen and oxygen atoms in total. The van der Waals surface area contributed by atoms with Gasteiger partial charge in [0.15, 0.2) is 0 Å². The van der Waals surface area contributed by atoms with Crippen molar-refractivity contribution in [2.75, 3.05) is 0 Å². The second-order valence-corrected chi connectivity index (χ2v) is 18.2. The van der Waals surface area contributed by atoms with Crippen molar-refractivity contribution in [1.82, 2.24) is 0 Å². The van der Waals surface area contributed by atoms with Gasteiger partial charge in [0, 0.05) is 5.41 Å². The Balaban J connectivity index is 0.000000184. The molecule has 0 fully saturated rings. The van der Waals surface area contributed by atoms with Crippen LogP contribution in [0, 0.1) is 23.5 Å². The number of allylic oxidation sites excluding steroid dienone is 6. The van der Waals surface area contributed by atoms with Crippen LogP contribution in [0.25, 0.3) is 23.3 Å². The average molecular weight is 803 g/mol. The van der Waals surface area contributed by atoms with E-state index < -0.39 is 0 Å². The molecule has 0 amide bonds. The molecule has 0 bridgehead atoms. The summed E-state index contributed by atoms with van der Waals surface area (Å²) in [4.78, 5) is 0. The Bertz CT molecular complexity index is 1880. The van der Waals surface area contributed by atoms with Gasteiger partial charge in [-0.1, -0.05) is 103 Å². The minimum absolute atomic E-state index is 0. The van der Waals surface area contributed by atoms with Crippen LogP contribution in [0.5, 0.6) is 0 Å². The van der Waals surface area contributed by atoms with Crippen LogP contribution in [0.3, 0.4) is 0 Å². The molecule has 1 unspecified atom stereocenters. The standard InChI is InChI=1S/C23H21.C15H14.C11H17.2ClH.Zr/c1-22(2)7-5-14-10-18-16(12-20(14)22)9-17-13-21-15(11-19(17)18)6-8-23(21,3)4;1-3-8-14(9-4-1)12-7-13-15-10-5-2-6-11-15;1-5-9-6-7-10(8-9)11(2,3)4;;;/h5-7,10-13H,9H2,1-4H3;1-6,8-11H,12-13H2;7-9H,5H2,1-4H3;2*1H;/q-1;;-1;;;+2/p-2. The fourth-order valence-corrected chi connectivity index (χ4v) is 8.36. The Morgan fingerprint density at radius 2 is 1.29 bits per heavy atom. The Morgan fingerprint density at radius 3 is 1.79 bits per heavy atom. The van der Waals surface area contributed by atoms with Crippen LogP contribution in [-0.4, -0.2) is 3.21 Å². The first-order valence-corrected chi connectivity index (χ1v) is 19.6. The van der Waals surface area contributed by atoms with Gasteiger partial charge in [-0.15, -0.1) is 11.6 Å². The molecule has 4 aromatic rings. The van der Waals surface area contributed by atoms with Gasteiger partial charge in [0.1, 0.15) is 0 Å². The fraction of sp³-hybridized carbons (Fsp3) is 0.327. The maximum absolute atomic E-state index is 3.50. The Hall–Kier alpha value is -2.83. The number of fused-ring (bicyclic) bond motifs is 5. The maximum atomic E-state index is 3.50. The van der Waals surface area contributed by atoms with Crippen LogP contribution in [0.1, 0.15) is 106 Å². The number of hydrogen-bond donors (Lipinski definition) is 0. The third-order valence-electron chi connectivity index (χ3n) is 10.5. The SMILES string of the molecule is CC1(C)[C-]=Cc2cc3c(cc21)Cc1cc2c(cc1-3)C=CC2(C)C.CCC1[C-]=CC(C(C)(C)C)=C1.[Cl-].[Cl-].[Zr+2]=[C](Cc1ccccc1)Cc1ccccc1. The van der Waals surface area contributed by atoms with Crippen molar-refractivity contribution in [3.05, 3.63) is 165 Å². The van der Waals surface area contributed by atoms with Gasteiger partial charge < -0.3 is 24.8 Å². The van der Waals surface area contributed by atoms with Gasteiger partial charge in [0.05, 0.1) is 0 Å². The molecular formula is C49H52Cl2Zr-2. The summed E-state index contributed by atoms with van der Waals surface area (Å²) in [6.07, 6.45) is 22.6. The molecule has 0 aromatic heterocycles. The van der Waals surface area contributed by atoms with Gasteiger partial charge in [0.25, 0.3) is 0 Å². The first kappa shape index (κ1) is 41.9. The number of halogens is 2. The van der Waals surface area contributed by atoms with E-state index in [1.807, 2.05) is 0 Å². The summed E-state index contributed by atoms with van der Waals surface area (Å²) in [5, 5.41) is 0. The van der Waals surface area contributed by atoms with E-state index in [1.165, 1.54) is 67.6 Å². The monoisotopic (exact) mass is 800 g/mol. The summed E-state index contributed by atoms with van der Waals surface area (Å²) >= 11 is 1.55. The average Bonchev–Trinajstić information content (AvgIpc) is 3.85. The van der Waals surface area contributed by atoms with Crippen LogP contribution in [0.15, 0.2) is 109 Å². The van der Waals surface area contributed by atoms with Crippen molar-refractivity contribution < 1.29 is 49.0 Å². The Labute approximate surface area is 341 Å². The summed E-state index contributed by atoms with van der Waals surface area (Å²) < 4.78 is 1.60. The molecule has 52 heavy (non-hydrogen) atoms. The quantitative estimate of drug-likeness (QED) is 0.185. The van der Waals surface area contributed by atoms with Crippen molar-refractivity contribution in [3.63, 3.8) is 0 Å². The van der Waals surface area contributed by atoms with E-state index in [0.717, 1.165) is 19.3 Å². The van der Waals surface area contributed by atoms with Crippen molar-refractivity contribution in [2.24, 2.45) is 11.3 Å². The van der Waals surface area contributed by atoms with Crippen LogP contribution >= 0.6 is 0 Å². The normalized spacial score (nSPS) is 17.2. The van der Waals surface area contributed by atoms with Crippen LogP contribution in [0.2, 0.25) is 0 Å². The zero-order valence-corrected chi connectivity index (χ0v) is 36.1. The van der Waals surface area contributed by atoms with E-state index in [4.69, 9.17) is 0 Å². The van der Waals surface area contributed by atoms with E-state index in [2.05, 4.69) is 183 Å². The zero-order valence-electron chi connectivity index (χ0n) is 32.1. The molecule has 268 valence electrons. The molecule has 4 aromatic carbocycles. The molecule has 0 N–H and O–H groups in total. The van der Waals surface area contributed by atoms with E-state index >= 15 is 0 Å². The van der Waals surface area contributed by atoms with E-state index in [1.54, 1.807) is 27.4 Å². The molecule has 0 saturated carbocycles. The topological polar surface area (TPSA) is 0 Å². The van der Waals surface area contributed by atoms with Crippen LogP contribution in [-0.2, 0) is 54.3 Å². The Kier molecular flexibility index (Phi) is 13.8. The van der Waals surface area contributed by atoms with Crippen LogP contribution < -0.4 is 24.8 Å². The molecular weight excluding hydrogens is 751 g/mol. The molecule has 0 aliphatic heterocycles. The number of rotatable bonds is 5. The zero-order chi connectivity index (χ0) is 35.7. The van der Waals surface area contributed by atoms with E-state index in [-0.39, 0.29) is 35.6 Å². The van der Waals surface area contributed by atoms with Crippen molar-refractivity contribution >= 4 is 15.4 Å². The van der Waals surface area contributed by atoms with Crippen molar-refractivity contribution in [1.29, 1.82) is 0 Å². The van der Waals surface area contributed by atoms with Crippen molar-refractivity contribution in [2.45, 2.75) is 91.9 Å². The number of hydrogen-bond acceptors (Lipinski definition) is 0. The molecule has 3 heteroatoms. The first-order valence-electron chi connectivity index (χ1n) is 18.3. The second-order valence-electron chi connectivity index (χ2n) is 16.5. The predicted octanol–water partition coefficient (Wildman–Crippen LogP) is 6.23. The van der Waals surface area contributed by atoms with E-state index in [9.17, 15) is 0 Å². The van der Waals surface area contributed by atoms with Gasteiger partial charge in [-0.25, -0.2) is 12.2 Å². The molecule has 1 atom stereocenters. The molecule has 8 rings (SSSR count). The minimum atomic E-state index is 0. The van der Waals surface area contributed by atoms with Gasteiger partial charge in [-0.05, 0) is 45.9 Å².